The van der Waals surface area contributed by atoms with E-state index in [0.717, 1.165) is 15.2 Å². The SMILES string of the molecule is Cc1nc2ccc(NC(=O)[C@H]3CC(=O)Nc4cc(F)ccc43)cc2s1. The zero-order valence-corrected chi connectivity index (χ0v) is 14.1. The lowest BCUT2D eigenvalue weighted by molar-refractivity contribution is -0.123. The van der Waals surface area contributed by atoms with Crippen LogP contribution in [-0.4, -0.2) is 16.8 Å². The molecule has 0 fully saturated rings. The number of nitrogens with one attached hydrogen (secondary N) is 2. The Morgan fingerprint density at radius 3 is 3.00 bits per heavy atom. The first-order chi connectivity index (χ1) is 12.0. The largest absolute Gasteiger partial charge is 0.326 e. The summed E-state index contributed by atoms with van der Waals surface area (Å²) in [6.45, 7) is 1.93. The molecule has 0 saturated carbocycles. The van der Waals surface area contributed by atoms with Gasteiger partial charge in [-0.05, 0) is 42.8 Å². The maximum Gasteiger partial charge on any atom is 0.232 e. The number of carbonyl (C=O) groups is 2. The van der Waals surface area contributed by atoms with Crippen LogP contribution >= 0.6 is 11.3 Å². The molecule has 0 aliphatic carbocycles. The number of fused-ring (bicyclic) bond motifs is 2. The molecule has 2 aromatic carbocycles. The van der Waals surface area contributed by atoms with Crippen molar-refractivity contribution in [2.45, 2.75) is 19.3 Å². The second kappa shape index (κ2) is 5.93. The lowest BCUT2D eigenvalue weighted by Crippen LogP contribution is -2.30. The Hall–Kier alpha value is -2.80. The van der Waals surface area contributed by atoms with Gasteiger partial charge < -0.3 is 10.6 Å². The topological polar surface area (TPSA) is 71.1 Å². The van der Waals surface area contributed by atoms with Gasteiger partial charge in [0.05, 0.1) is 21.1 Å². The number of thiazole rings is 1. The zero-order valence-electron chi connectivity index (χ0n) is 13.3. The van der Waals surface area contributed by atoms with Crippen LogP contribution in [0.25, 0.3) is 10.2 Å². The highest BCUT2D eigenvalue weighted by molar-refractivity contribution is 7.18. The van der Waals surface area contributed by atoms with Crippen LogP contribution in [0.2, 0.25) is 0 Å². The Balaban J connectivity index is 1.63. The molecule has 1 aliphatic rings. The summed E-state index contributed by atoms with van der Waals surface area (Å²) in [6.07, 6.45) is 0.0341. The van der Waals surface area contributed by atoms with Crippen molar-refractivity contribution in [3.05, 3.63) is 52.8 Å². The normalized spacial score (nSPS) is 16.4. The molecule has 1 atom stereocenters. The van der Waals surface area contributed by atoms with E-state index in [1.165, 1.54) is 12.1 Å². The third-order valence-electron chi connectivity index (χ3n) is 4.13. The van der Waals surface area contributed by atoms with E-state index in [1.807, 2.05) is 19.1 Å². The fourth-order valence-electron chi connectivity index (χ4n) is 3.02. The predicted molar refractivity (Wildman–Crippen MR) is 95.4 cm³/mol. The number of halogens is 1. The van der Waals surface area contributed by atoms with Crippen molar-refractivity contribution in [3.8, 4) is 0 Å². The van der Waals surface area contributed by atoms with Crippen molar-refractivity contribution in [2.75, 3.05) is 10.6 Å². The Kier molecular flexibility index (Phi) is 3.73. The lowest BCUT2D eigenvalue weighted by atomic mass is 9.89. The first-order valence-electron chi connectivity index (χ1n) is 7.77. The summed E-state index contributed by atoms with van der Waals surface area (Å²) in [5.74, 6) is -1.69. The number of amides is 2. The first-order valence-corrected chi connectivity index (χ1v) is 8.58. The maximum absolute atomic E-state index is 13.4. The Morgan fingerprint density at radius 2 is 2.16 bits per heavy atom. The van der Waals surface area contributed by atoms with Crippen LogP contribution in [-0.2, 0) is 9.59 Å². The van der Waals surface area contributed by atoms with Gasteiger partial charge in [-0.1, -0.05) is 6.07 Å². The van der Waals surface area contributed by atoms with Crippen molar-refractivity contribution in [3.63, 3.8) is 0 Å². The molecule has 0 spiro atoms. The van der Waals surface area contributed by atoms with Crippen LogP contribution in [0.1, 0.15) is 22.9 Å². The van der Waals surface area contributed by atoms with Gasteiger partial charge in [0.15, 0.2) is 0 Å². The second-order valence-electron chi connectivity index (χ2n) is 5.94. The van der Waals surface area contributed by atoms with Crippen molar-refractivity contribution in [1.29, 1.82) is 0 Å². The van der Waals surface area contributed by atoms with E-state index in [0.29, 0.717) is 16.9 Å². The number of nitrogens with zero attached hydrogens (tertiary/aromatic N) is 1. The summed E-state index contributed by atoms with van der Waals surface area (Å²) >= 11 is 1.55. The minimum atomic E-state index is -0.650. The molecule has 1 aromatic heterocycles. The van der Waals surface area contributed by atoms with Gasteiger partial charge in [0.1, 0.15) is 5.82 Å². The Morgan fingerprint density at radius 1 is 1.32 bits per heavy atom. The Labute approximate surface area is 146 Å². The van der Waals surface area contributed by atoms with E-state index in [1.54, 1.807) is 23.5 Å². The van der Waals surface area contributed by atoms with E-state index in [4.69, 9.17) is 0 Å². The molecule has 0 bridgehead atoms. The summed E-state index contributed by atoms with van der Waals surface area (Å²) < 4.78 is 14.4. The van der Waals surface area contributed by atoms with Crippen LogP contribution < -0.4 is 10.6 Å². The van der Waals surface area contributed by atoms with E-state index >= 15 is 0 Å². The molecule has 5 nitrogen and oxygen atoms in total. The highest BCUT2D eigenvalue weighted by atomic mass is 32.1. The fraction of sp³-hybridized carbons (Fsp3) is 0.167. The van der Waals surface area contributed by atoms with Gasteiger partial charge in [-0.15, -0.1) is 11.3 Å². The third-order valence-corrected chi connectivity index (χ3v) is 5.07. The van der Waals surface area contributed by atoms with Crippen LogP contribution in [0, 0.1) is 12.7 Å². The van der Waals surface area contributed by atoms with Gasteiger partial charge in [-0.25, -0.2) is 9.37 Å². The van der Waals surface area contributed by atoms with Crippen LogP contribution in [0.5, 0.6) is 0 Å². The van der Waals surface area contributed by atoms with Crippen LogP contribution in [0.4, 0.5) is 15.8 Å². The van der Waals surface area contributed by atoms with Gasteiger partial charge in [-0.2, -0.15) is 0 Å². The predicted octanol–water partition coefficient (Wildman–Crippen LogP) is 3.81. The van der Waals surface area contributed by atoms with E-state index in [2.05, 4.69) is 15.6 Å². The minimum absolute atomic E-state index is 0.0341. The molecular weight excluding hydrogens is 341 g/mol. The number of rotatable bonds is 2. The summed E-state index contributed by atoms with van der Waals surface area (Å²) in [7, 11) is 0. The maximum atomic E-state index is 13.4. The molecular formula is C18H14FN3O2S. The fourth-order valence-corrected chi connectivity index (χ4v) is 3.88. The monoisotopic (exact) mass is 355 g/mol. The van der Waals surface area contributed by atoms with Gasteiger partial charge in [0.25, 0.3) is 0 Å². The summed E-state index contributed by atoms with van der Waals surface area (Å²) in [6, 6.07) is 9.58. The number of carbonyl (C=O) groups excluding carboxylic acids is 2. The molecule has 0 radical (unpaired) electrons. The Bertz CT molecular complexity index is 1010. The highest BCUT2D eigenvalue weighted by Gasteiger charge is 2.31. The zero-order chi connectivity index (χ0) is 17.6. The number of aryl methyl sites for hydroxylation is 1. The van der Waals surface area contributed by atoms with Crippen molar-refractivity contribution in [2.24, 2.45) is 0 Å². The lowest BCUT2D eigenvalue weighted by Gasteiger charge is -2.24. The quantitative estimate of drug-likeness (QED) is 0.734. The van der Waals surface area contributed by atoms with Crippen molar-refractivity contribution >= 4 is 44.7 Å². The standard InChI is InChI=1S/C18H14FN3O2S/c1-9-20-14-5-3-11(7-16(14)25-9)21-18(24)13-8-17(23)22-15-6-10(19)2-4-12(13)15/h2-7,13H,8H2,1H3,(H,21,24)(H,22,23)/t13-/m0/s1. The van der Waals surface area contributed by atoms with Gasteiger partial charge >= 0.3 is 0 Å². The van der Waals surface area contributed by atoms with Gasteiger partial charge in [-0.3, -0.25) is 9.59 Å². The molecule has 4 rings (SSSR count). The number of aromatic nitrogens is 1. The number of benzene rings is 2. The minimum Gasteiger partial charge on any atom is -0.326 e. The first kappa shape index (κ1) is 15.7. The second-order valence-corrected chi connectivity index (χ2v) is 7.18. The number of anilines is 2. The van der Waals surface area contributed by atoms with Gasteiger partial charge in [0, 0.05) is 17.8 Å². The smallest absolute Gasteiger partial charge is 0.232 e. The summed E-state index contributed by atoms with van der Waals surface area (Å²) in [5.41, 5.74) is 2.51. The van der Waals surface area contributed by atoms with E-state index in [-0.39, 0.29) is 18.2 Å². The van der Waals surface area contributed by atoms with Crippen molar-refractivity contribution in [1.82, 2.24) is 4.98 Å². The molecule has 7 heteroatoms. The molecule has 0 saturated heterocycles. The van der Waals surface area contributed by atoms with Crippen molar-refractivity contribution < 1.29 is 14.0 Å². The highest BCUT2D eigenvalue weighted by Crippen LogP contribution is 2.34. The van der Waals surface area contributed by atoms with Crippen LogP contribution in [0.15, 0.2) is 36.4 Å². The molecule has 3 aromatic rings. The molecule has 2 heterocycles. The third kappa shape index (κ3) is 2.98. The molecule has 25 heavy (non-hydrogen) atoms. The van der Waals surface area contributed by atoms with E-state index < -0.39 is 11.7 Å². The van der Waals surface area contributed by atoms with E-state index in [9.17, 15) is 14.0 Å². The molecule has 126 valence electrons. The average molecular weight is 355 g/mol. The molecule has 1 aliphatic heterocycles. The molecule has 2 N–H and O–H groups in total. The molecule has 0 unspecified atom stereocenters. The average Bonchev–Trinajstić information content (AvgIpc) is 2.92. The van der Waals surface area contributed by atoms with Crippen LogP contribution in [0.3, 0.4) is 0 Å². The van der Waals surface area contributed by atoms with Gasteiger partial charge in [0.2, 0.25) is 11.8 Å². The molecule has 2 amide bonds. The number of hydrogen-bond donors (Lipinski definition) is 2. The number of hydrogen-bond acceptors (Lipinski definition) is 4. The summed E-state index contributed by atoms with van der Waals surface area (Å²) in [4.78, 5) is 29.0. The summed E-state index contributed by atoms with van der Waals surface area (Å²) in [5, 5.41) is 6.42.